The first-order valence-electron chi connectivity index (χ1n) is 35.4. The van der Waals surface area contributed by atoms with E-state index in [-0.39, 0.29) is 122 Å². The van der Waals surface area contributed by atoms with Crippen LogP contribution >= 0.6 is 0 Å². The highest BCUT2D eigenvalue weighted by Crippen LogP contribution is 2.23. The van der Waals surface area contributed by atoms with Gasteiger partial charge in [0.25, 0.3) is 0 Å². The number of aromatic amines is 1. The molecule has 2 aliphatic rings. The van der Waals surface area contributed by atoms with Gasteiger partial charge in [0.05, 0.1) is 25.9 Å². The molecule has 3 heterocycles. The normalized spacial score (nSPS) is 20.4. The average Bonchev–Trinajstić information content (AvgIpc) is 1.71. The second kappa shape index (κ2) is 45.8. The number of rotatable bonds is 38. The third-order valence-corrected chi connectivity index (χ3v) is 17.5. The summed E-state index contributed by atoms with van der Waals surface area (Å²) >= 11 is 0. The standard InChI is InChI=1S/C70H108N14O15/c1-2-3-27-53(78-61(88)46-99-40-39-98-38-37-75-59(86)31-17-12-10-8-6-4-5-7-9-11-13-18-32-62(89)90)64(92)81-55-33-34-60(87)74-35-22-21-29-52(63(71)91)79-67(95)57(42-48-44-77-51-28-20-19-26-50(48)51)82-65(93)54(30-23-36-76-70(72)73)80-66(94)56(41-47-24-15-14-16-25-47)83-68(96)58-43-49(85)45-84(58)69(55)97/h14-16,19-20,24-26,28,44,49,52-58,77,85H,2-13,17-18,21-23,27,29-43,45-46H2,1H3,(H2,71,91)(H,74,87)(H,75,86)(H,78,88)(H,79,95)(H,80,94)(H,81,92)(H,82,93)(H,83,96)(H,89,90)(H4,72,73,76)/t49-,52+,53+,54+,55+,56-,57+,58+/m1/s1. The third-order valence-electron chi connectivity index (χ3n) is 17.5. The maximum absolute atomic E-state index is 15.0. The van der Waals surface area contributed by atoms with Crippen LogP contribution in [0.5, 0.6) is 0 Å². The topological polar surface area (TPSA) is 450 Å². The molecule has 2 fully saturated rings. The van der Waals surface area contributed by atoms with E-state index in [1.165, 1.54) is 25.7 Å². The molecule has 8 atom stereocenters. The second-order valence-electron chi connectivity index (χ2n) is 25.6. The van der Waals surface area contributed by atoms with E-state index >= 15 is 0 Å². The van der Waals surface area contributed by atoms with E-state index in [1.54, 1.807) is 36.5 Å². The van der Waals surface area contributed by atoms with Gasteiger partial charge in [-0.2, -0.15) is 0 Å². The van der Waals surface area contributed by atoms with Gasteiger partial charge in [-0.1, -0.05) is 133 Å². The van der Waals surface area contributed by atoms with Gasteiger partial charge >= 0.3 is 5.97 Å². The van der Waals surface area contributed by atoms with Crippen molar-refractivity contribution in [2.24, 2.45) is 11.5 Å². The molecule has 0 unspecified atom stereocenters. The summed E-state index contributed by atoms with van der Waals surface area (Å²) in [5.74, 6) is -8.04. The summed E-state index contributed by atoms with van der Waals surface area (Å²) in [5, 5.41) is 53.1. The summed E-state index contributed by atoms with van der Waals surface area (Å²) in [7, 11) is 0. The maximum Gasteiger partial charge on any atom is 0.303 e. The molecule has 2 aromatic carbocycles. The summed E-state index contributed by atoms with van der Waals surface area (Å²) < 4.78 is 11.2. The number of nitrogens with two attached hydrogens (primary N) is 2. The quantitative estimate of drug-likeness (QED) is 0.0223. The number of carbonyl (C=O) groups excluding carboxylic acids is 10. The predicted octanol–water partition coefficient (Wildman–Crippen LogP) is 2.54. The molecule has 5 rings (SSSR count). The number of H-pyrrole nitrogens is 1. The predicted molar refractivity (Wildman–Crippen MR) is 371 cm³/mol. The van der Waals surface area contributed by atoms with E-state index in [0.29, 0.717) is 43.4 Å². The van der Waals surface area contributed by atoms with Crippen molar-refractivity contribution in [2.75, 3.05) is 52.6 Å². The van der Waals surface area contributed by atoms with Gasteiger partial charge in [0, 0.05) is 81.8 Å². The van der Waals surface area contributed by atoms with E-state index in [0.717, 1.165) is 67.2 Å². The number of nitrogens with one attached hydrogen (secondary N) is 11. The molecule has 2 saturated heterocycles. The minimum Gasteiger partial charge on any atom is -0.481 e. The molecular weight excluding hydrogens is 1280 g/mol. The van der Waals surface area contributed by atoms with Gasteiger partial charge in [-0.3, -0.25) is 58.1 Å². The number of hydrogen-bond acceptors (Lipinski definition) is 15. The lowest BCUT2D eigenvalue weighted by molar-refractivity contribution is -0.143. The molecule has 1 aromatic heterocycles. The number of aliphatic hydroxyl groups excluding tert-OH is 1. The lowest BCUT2D eigenvalue weighted by atomic mass is 10.0. The number of aromatic nitrogens is 1. The van der Waals surface area contributed by atoms with E-state index in [4.69, 9.17) is 31.5 Å². The van der Waals surface area contributed by atoms with Crippen molar-refractivity contribution in [3.63, 3.8) is 0 Å². The first-order chi connectivity index (χ1) is 47.7. The zero-order valence-corrected chi connectivity index (χ0v) is 57.4. The Bertz CT molecular complexity index is 3060. The van der Waals surface area contributed by atoms with Crippen molar-refractivity contribution < 1.29 is 72.4 Å². The van der Waals surface area contributed by atoms with Crippen LogP contribution in [0.25, 0.3) is 10.9 Å². The van der Waals surface area contributed by atoms with E-state index in [1.807, 2.05) is 31.2 Å². The van der Waals surface area contributed by atoms with Crippen molar-refractivity contribution in [3.05, 3.63) is 71.9 Å². The highest BCUT2D eigenvalue weighted by atomic mass is 16.5. The Kier molecular flexibility index (Phi) is 37.5. The minimum atomic E-state index is -1.49. The van der Waals surface area contributed by atoms with Gasteiger partial charge in [-0.15, -0.1) is 0 Å². The fourth-order valence-electron chi connectivity index (χ4n) is 12.0. The number of para-hydroxylation sites is 1. The average molecular weight is 1390 g/mol. The van der Waals surface area contributed by atoms with Crippen LogP contribution in [0, 0.1) is 5.41 Å². The van der Waals surface area contributed by atoms with Crippen molar-refractivity contribution in [1.29, 1.82) is 5.41 Å². The lowest BCUT2D eigenvalue weighted by Gasteiger charge is -2.31. The summed E-state index contributed by atoms with van der Waals surface area (Å²) in [6.45, 7) is 1.92. The zero-order chi connectivity index (χ0) is 71.7. The largest absolute Gasteiger partial charge is 0.481 e. The van der Waals surface area contributed by atoms with Crippen molar-refractivity contribution in [1.82, 2.24) is 57.7 Å². The zero-order valence-electron chi connectivity index (χ0n) is 57.4. The third kappa shape index (κ3) is 31.4. The van der Waals surface area contributed by atoms with Gasteiger partial charge < -0.3 is 88.9 Å². The second-order valence-corrected chi connectivity index (χ2v) is 25.6. The number of carbonyl (C=O) groups is 11. The summed E-state index contributed by atoms with van der Waals surface area (Å²) in [5.41, 5.74) is 13.4. The van der Waals surface area contributed by atoms with E-state index in [9.17, 15) is 57.8 Å². The molecule has 0 spiro atoms. The van der Waals surface area contributed by atoms with E-state index < -0.39 is 114 Å². The Balaban J connectivity index is 1.24. The smallest absolute Gasteiger partial charge is 0.303 e. The summed E-state index contributed by atoms with van der Waals surface area (Å²) in [6, 6.07) is 6.48. The Morgan fingerprint density at radius 1 is 0.677 bits per heavy atom. The number of nitrogens with zero attached hydrogens (tertiary/aromatic N) is 1. The van der Waals surface area contributed by atoms with Crippen LogP contribution in [0.3, 0.4) is 0 Å². The molecule has 0 aliphatic carbocycles. The number of carboxylic acid groups (broad SMARTS) is 1. The van der Waals surface area contributed by atoms with Crippen LogP contribution in [-0.2, 0) is 75.1 Å². The fraction of sp³-hybridized carbons (Fsp3) is 0.629. The molecule has 29 nitrogen and oxygen atoms in total. The molecule has 99 heavy (non-hydrogen) atoms. The van der Waals surface area contributed by atoms with Crippen molar-refractivity contribution >= 4 is 81.9 Å². The number of hydrogen-bond donors (Lipinski definition) is 15. The summed E-state index contributed by atoms with van der Waals surface area (Å²) in [4.78, 5) is 155. The number of guanidine groups is 1. The lowest BCUT2D eigenvalue weighted by Crippen LogP contribution is -2.60. The minimum absolute atomic E-state index is 0.0213. The molecule has 10 amide bonds. The SMILES string of the molecule is CCCC[C@H](NC(=O)COCCOCCNC(=O)CCCCCCCCCCCCCCC(=O)O)C(=O)N[C@H]1CCC(=O)NCCCC[C@@H](C(N)=O)NC(=O)[C@H](Cc2c[nH]c3ccccc23)NC(=O)[C@H](CCCNC(=N)N)NC(=O)[C@@H](Cc2ccccc2)NC(=O)[C@@H]2C[C@@H](O)CN2C1=O. The van der Waals surface area contributed by atoms with Crippen LogP contribution in [-0.4, -0.2) is 192 Å². The number of benzene rings is 2. The number of aliphatic hydroxyl groups is 1. The Labute approximate surface area is 579 Å². The highest BCUT2D eigenvalue weighted by Gasteiger charge is 2.43. The van der Waals surface area contributed by atoms with Crippen LogP contribution in [0.15, 0.2) is 60.8 Å². The number of fused-ring (bicyclic) bond motifs is 2. The van der Waals surface area contributed by atoms with Crippen LogP contribution < -0.4 is 59.3 Å². The number of unbranched alkanes of at least 4 members (excludes halogenated alkanes) is 12. The summed E-state index contributed by atoms with van der Waals surface area (Å²) in [6.07, 6.45) is 14.6. The highest BCUT2D eigenvalue weighted by molar-refractivity contribution is 5.98. The fourth-order valence-corrected chi connectivity index (χ4v) is 12.0. The van der Waals surface area contributed by atoms with Crippen LogP contribution in [0.2, 0.25) is 0 Å². The molecule has 0 bridgehead atoms. The number of carboxylic acids is 1. The molecule has 2 aliphatic heterocycles. The maximum atomic E-state index is 15.0. The molecule has 548 valence electrons. The molecule has 17 N–H and O–H groups in total. The molecule has 0 radical (unpaired) electrons. The van der Waals surface area contributed by atoms with Gasteiger partial charge in [0.2, 0.25) is 59.1 Å². The monoisotopic (exact) mass is 1380 g/mol. The van der Waals surface area contributed by atoms with Gasteiger partial charge in [-0.25, -0.2) is 0 Å². The van der Waals surface area contributed by atoms with Gasteiger partial charge in [0.15, 0.2) is 5.96 Å². The number of primary amides is 1. The molecule has 3 aromatic rings. The van der Waals surface area contributed by atoms with E-state index in [2.05, 4.69) is 52.8 Å². The first-order valence-corrected chi connectivity index (χ1v) is 35.4. The van der Waals surface area contributed by atoms with Crippen LogP contribution in [0.4, 0.5) is 0 Å². The van der Waals surface area contributed by atoms with Gasteiger partial charge in [-0.05, 0) is 75.0 Å². The Hall–Kier alpha value is -8.70. The molecule has 29 heteroatoms. The first kappa shape index (κ1) is 81.0. The Morgan fingerprint density at radius 2 is 1.30 bits per heavy atom. The van der Waals surface area contributed by atoms with Crippen molar-refractivity contribution in [2.45, 2.75) is 229 Å². The van der Waals surface area contributed by atoms with Crippen molar-refractivity contribution in [3.8, 4) is 0 Å². The van der Waals surface area contributed by atoms with Crippen LogP contribution in [0.1, 0.15) is 179 Å². The number of ether oxygens (including phenoxy) is 2. The molecular formula is C70H108N14O15. The number of amides is 10. The van der Waals surface area contributed by atoms with Gasteiger partial charge in [0.1, 0.15) is 48.9 Å². The molecule has 0 saturated carbocycles. The Morgan fingerprint density at radius 3 is 1.99 bits per heavy atom. The number of aliphatic carboxylic acids is 1.